The average molecular weight is 367 g/mol. The zero-order valence-electron chi connectivity index (χ0n) is 14.6. The van der Waals surface area contributed by atoms with Crippen molar-refractivity contribution in [3.05, 3.63) is 78.4 Å². The van der Waals surface area contributed by atoms with Gasteiger partial charge >= 0.3 is 0 Å². The summed E-state index contributed by atoms with van der Waals surface area (Å²) >= 11 is 0. The molecular weight excluding hydrogens is 344 g/mol. The summed E-state index contributed by atoms with van der Waals surface area (Å²) in [7, 11) is -3.37. The molecule has 26 heavy (non-hydrogen) atoms. The lowest BCUT2D eigenvalue weighted by Crippen LogP contribution is -3.13. The van der Waals surface area contributed by atoms with Gasteiger partial charge in [-0.1, -0.05) is 60.7 Å². The van der Waals surface area contributed by atoms with Crippen LogP contribution < -0.4 is 4.90 Å². The van der Waals surface area contributed by atoms with Crippen LogP contribution in [-0.2, 0) is 16.6 Å². The molecule has 1 fully saturated rings. The van der Waals surface area contributed by atoms with Crippen molar-refractivity contribution in [1.82, 2.24) is 4.31 Å². The van der Waals surface area contributed by atoms with Gasteiger partial charge in [0.2, 0.25) is 10.0 Å². The monoisotopic (exact) mass is 367 g/mol. The summed E-state index contributed by atoms with van der Waals surface area (Å²) < 4.78 is 27.1. The SMILES string of the molecule is O=S(=O)(c1ccccc1)N1CC[NH+](Cc2cccc3ccccc23)CC1. The highest BCUT2D eigenvalue weighted by molar-refractivity contribution is 7.89. The number of nitrogens with one attached hydrogen (secondary N) is 1. The topological polar surface area (TPSA) is 41.8 Å². The molecule has 3 aromatic carbocycles. The van der Waals surface area contributed by atoms with Crippen molar-refractivity contribution in [2.75, 3.05) is 26.2 Å². The molecule has 0 aliphatic carbocycles. The molecule has 0 bridgehead atoms. The Bertz CT molecular complexity index is 989. The summed E-state index contributed by atoms with van der Waals surface area (Å²) in [4.78, 5) is 1.82. The van der Waals surface area contributed by atoms with Crippen molar-refractivity contribution in [2.45, 2.75) is 11.4 Å². The first-order chi connectivity index (χ1) is 12.6. The summed E-state index contributed by atoms with van der Waals surface area (Å²) in [5.41, 5.74) is 1.33. The summed E-state index contributed by atoms with van der Waals surface area (Å²) in [5, 5.41) is 2.55. The lowest BCUT2D eigenvalue weighted by Gasteiger charge is -2.31. The van der Waals surface area contributed by atoms with Crippen molar-refractivity contribution in [3.8, 4) is 0 Å². The van der Waals surface area contributed by atoms with Crippen LogP contribution in [0.5, 0.6) is 0 Å². The zero-order valence-corrected chi connectivity index (χ0v) is 15.5. The molecule has 1 N–H and O–H groups in total. The van der Waals surface area contributed by atoms with E-state index >= 15 is 0 Å². The van der Waals surface area contributed by atoms with Gasteiger partial charge in [-0.05, 0) is 22.9 Å². The minimum atomic E-state index is -3.37. The molecule has 134 valence electrons. The molecule has 4 nitrogen and oxygen atoms in total. The quantitative estimate of drug-likeness (QED) is 0.766. The number of benzene rings is 3. The van der Waals surface area contributed by atoms with E-state index < -0.39 is 10.0 Å². The number of hydrogen-bond acceptors (Lipinski definition) is 2. The van der Waals surface area contributed by atoms with E-state index in [9.17, 15) is 8.42 Å². The van der Waals surface area contributed by atoms with Crippen LogP contribution >= 0.6 is 0 Å². The summed E-state index contributed by atoms with van der Waals surface area (Å²) in [6.45, 7) is 3.72. The molecule has 0 amide bonds. The van der Waals surface area contributed by atoms with Gasteiger partial charge in [0.1, 0.15) is 6.54 Å². The minimum absolute atomic E-state index is 0.387. The van der Waals surface area contributed by atoms with Crippen LogP contribution in [0.4, 0.5) is 0 Å². The van der Waals surface area contributed by atoms with Gasteiger partial charge < -0.3 is 4.90 Å². The Balaban J connectivity index is 1.46. The molecule has 0 unspecified atom stereocenters. The van der Waals surface area contributed by atoms with E-state index in [-0.39, 0.29) is 0 Å². The number of fused-ring (bicyclic) bond motifs is 1. The second-order valence-corrected chi connectivity index (χ2v) is 8.72. The lowest BCUT2D eigenvalue weighted by atomic mass is 10.0. The van der Waals surface area contributed by atoms with Crippen LogP contribution in [0.15, 0.2) is 77.7 Å². The first kappa shape index (κ1) is 17.2. The van der Waals surface area contributed by atoms with Gasteiger partial charge in [-0.2, -0.15) is 4.31 Å². The standard InChI is InChI=1S/C21H22N2O2S/c24-26(25,20-10-2-1-3-11-20)23-15-13-22(14-16-23)17-19-9-6-8-18-7-4-5-12-21(18)19/h1-12H,13-17H2/p+1. The van der Waals surface area contributed by atoms with E-state index in [0.717, 1.165) is 19.6 Å². The summed E-state index contributed by atoms with van der Waals surface area (Å²) in [6, 6.07) is 23.6. The fourth-order valence-electron chi connectivity index (χ4n) is 3.68. The van der Waals surface area contributed by atoms with Crippen LogP contribution in [0.25, 0.3) is 10.8 Å². The molecule has 0 radical (unpaired) electrons. The van der Waals surface area contributed by atoms with Gasteiger partial charge in [0.25, 0.3) is 0 Å². The van der Waals surface area contributed by atoms with Crippen LogP contribution in [0.3, 0.4) is 0 Å². The predicted molar refractivity (Wildman–Crippen MR) is 104 cm³/mol. The number of sulfonamides is 1. The molecule has 1 saturated heterocycles. The molecule has 0 atom stereocenters. The molecule has 0 saturated carbocycles. The van der Waals surface area contributed by atoms with E-state index in [2.05, 4.69) is 42.5 Å². The lowest BCUT2D eigenvalue weighted by molar-refractivity contribution is -0.917. The van der Waals surface area contributed by atoms with Gasteiger partial charge in [-0.15, -0.1) is 0 Å². The predicted octanol–water partition coefficient (Wildman–Crippen LogP) is 1.93. The maximum absolute atomic E-state index is 12.7. The van der Waals surface area contributed by atoms with E-state index in [4.69, 9.17) is 0 Å². The number of hydrogen-bond donors (Lipinski definition) is 1. The molecule has 3 aromatic rings. The van der Waals surface area contributed by atoms with Crippen molar-refractivity contribution < 1.29 is 13.3 Å². The van der Waals surface area contributed by atoms with Gasteiger partial charge in [0.05, 0.1) is 31.1 Å². The van der Waals surface area contributed by atoms with E-state index in [1.54, 1.807) is 28.6 Å². The second kappa shape index (κ2) is 7.19. The molecule has 5 heteroatoms. The highest BCUT2D eigenvalue weighted by Crippen LogP contribution is 2.18. The number of nitrogens with zero attached hydrogens (tertiary/aromatic N) is 1. The van der Waals surface area contributed by atoms with Crippen LogP contribution in [-0.4, -0.2) is 38.9 Å². The van der Waals surface area contributed by atoms with Gasteiger partial charge in [-0.3, -0.25) is 0 Å². The average Bonchev–Trinajstić information content (AvgIpc) is 2.69. The Morgan fingerprint density at radius 2 is 1.46 bits per heavy atom. The molecular formula is C21H23N2O2S+. The Hall–Kier alpha value is -2.21. The Labute approximate surface area is 154 Å². The zero-order chi connectivity index (χ0) is 18.0. The fraction of sp³-hybridized carbons (Fsp3) is 0.238. The fourth-order valence-corrected chi connectivity index (χ4v) is 5.14. The second-order valence-electron chi connectivity index (χ2n) is 6.78. The first-order valence-corrected chi connectivity index (χ1v) is 10.4. The number of quaternary nitrogens is 1. The minimum Gasteiger partial charge on any atom is -0.329 e. The smallest absolute Gasteiger partial charge is 0.243 e. The third-order valence-corrected chi connectivity index (χ3v) is 7.04. The van der Waals surface area contributed by atoms with Crippen molar-refractivity contribution >= 4 is 20.8 Å². The summed E-state index contributed by atoms with van der Waals surface area (Å²) in [6.07, 6.45) is 0. The van der Waals surface area contributed by atoms with Crippen molar-refractivity contribution in [1.29, 1.82) is 0 Å². The Morgan fingerprint density at radius 3 is 2.23 bits per heavy atom. The molecule has 1 aliphatic heterocycles. The van der Waals surface area contributed by atoms with Crippen molar-refractivity contribution in [2.24, 2.45) is 0 Å². The van der Waals surface area contributed by atoms with Crippen LogP contribution in [0.1, 0.15) is 5.56 Å². The molecule has 1 heterocycles. The van der Waals surface area contributed by atoms with Gasteiger partial charge in [0, 0.05) is 5.56 Å². The third kappa shape index (κ3) is 3.38. The van der Waals surface area contributed by atoms with E-state index in [1.807, 2.05) is 6.07 Å². The number of rotatable bonds is 4. The maximum Gasteiger partial charge on any atom is 0.243 e. The van der Waals surface area contributed by atoms with E-state index in [0.29, 0.717) is 18.0 Å². The Kier molecular flexibility index (Phi) is 4.76. The normalized spacial score (nSPS) is 16.8. The molecule has 1 aliphatic rings. The van der Waals surface area contributed by atoms with Crippen LogP contribution in [0, 0.1) is 0 Å². The third-order valence-electron chi connectivity index (χ3n) is 5.13. The van der Waals surface area contributed by atoms with Gasteiger partial charge in [-0.25, -0.2) is 8.42 Å². The van der Waals surface area contributed by atoms with Crippen molar-refractivity contribution in [3.63, 3.8) is 0 Å². The summed E-state index contributed by atoms with van der Waals surface area (Å²) in [5.74, 6) is 0. The maximum atomic E-state index is 12.7. The largest absolute Gasteiger partial charge is 0.329 e. The molecule has 0 aromatic heterocycles. The number of piperazine rings is 1. The van der Waals surface area contributed by atoms with Gasteiger partial charge in [0.15, 0.2) is 0 Å². The molecule has 0 spiro atoms. The van der Waals surface area contributed by atoms with Crippen LogP contribution in [0.2, 0.25) is 0 Å². The highest BCUT2D eigenvalue weighted by atomic mass is 32.2. The Morgan fingerprint density at radius 1 is 0.808 bits per heavy atom. The highest BCUT2D eigenvalue weighted by Gasteiger charge is 2.30. The molecule has 4 rings (SSSR count). The first-order valence-electron chi connectivity index (χ1n) is 9.00. The van der Waals surface area contributed by atoms with E-state index in [1.165, 1.54) is 21.2 Å².